The molecule has 190 valence electrons. The minimum absolute atomic E-state index is 0.0330. The molecule has 0 saturated carbocycles. The summed E-state index contributed by atoms with van der Waals surface area (Å²) in [6, 6.07) is 5.17. The second-order valence-electron chi connectivity index (χ2n) is 9.97. The summed E-state index contributed by atoms with van der Waals surface area (Å²) in [5.74, 6) is -1.32. The number of amides is 2. The number of benzene rings is 1. The van der Waals surface area contributed by atoms with Gasteiger partial charge in [-0.05, 0) is 23.5 Å². The van der Waals surface area contributed by atoms with E-state index in [0.29, 0.717) is 0 Å². The Hall–Kier alpha value is -2.82. The molecule has 4 atom stereocenters. The lowest BCUT2D eigenvalue weighted by Crippen LogP contribution is -2.55. The average molecular weight is 503 g/mol. The molecule has 10 heteroatoms. The van der Waals surface area contributed by atoms with Crippen LogP contribution in [0.4, 0.5) is 0 Å². The highest BCUT2D eigenvalue weighted by Gasteiger charge is 2.43. The first-order valence-electron chi connectivity index (χ1n) is 11.5. The minimum Gasteiger partial charge on any atom is -0.469 e. The van der Waals surface area contributed by atoms with Crippen LogP contribution in [0.3, 0.4) is 0 Å². The zero-order valence-electron chi connectivity index (χ0n) is 20.8. The van der Waals surface area contributed by atoms with Crippen molar-refractivity contribution in [3.8, 4) is 10.4 Å². The van der Waals surface area contributed by atoms with Crippen molar-refractivity contribution in [1.29, 1.82) is 0 Å². The first-order valence-corrected chi connectivity index (χ1v) is 12.4. The topological polar surface area (TPSA) is 135 Å². The van der Waals surface area contributed by atoms with E-state index in [2.05, 4.69) is 10.3 Å². The van der Waals surface area contributed by atoms with Crippen LogP contribution in [0.1, 0.15) is 50.9 Å². The van der Waals surface area contributed by atoms with Crippen LogP contribution in [0, 0.1) is 12.3 Å². The SMILES string of the molecule is COC(=O)C[C@H](NC(=O)[C@@H]1C[C@@H](O)CN1C(=O)[C@H](N)C(C)(C)C)c1ccc(-c2scnc2C)cc1. The molecule has 2 aromatic rings. The summed E-state index contributed by atoms with van der Waals surface area (Å²) in [6.07, 6.45) is -0.808. The summed E-state index contributed by atoms with van der Waals surface area (Å²) in [6.45, 7) is 7.52. The third-order valence-electron chi connectivity index (χ3n) is 6.30. The Morgan fingerprint density at radius 2 is 1.94 bits per heavy atom. The number of aliphatic hydroxyl groups is 1. The third-order valence-corrected chi connectivity index (χ3v) is 7.28. The van der Waals surface area contributed by atoms with Crippen molar-refractivity contribution >= 4 is 29.1 Å². The summed E-state index contributed by atoms with van der Waals surface area (Å²) in [7, 11) is 1.29. The smallest absolute Gasteiger partial charge is 0.307 e. The van der Waals surface area contributed by atoms with E-state index in [4.69, 9.17) is 10.5 Å². The zero-order valence-corrected chi connectivity index (χ0v) is 21.6. The molecule has 1 fully saturated rings. The van der Waals surface area contributed by atoms with Crippen molar-refractivity contribution in [2.75, 3.05) is 13.7 Å². The van der Waals surface area contributed by atoms with Crippen LogP contribution in [-0.2, 0) is 19.1 Å². The van der Waals surface area contributed by atoms with Crippen LogP contribution >= 0.6 is 11.3 Å². The number of aliphatic hydroxyl groups excluding tert-OH is 1. The number of likely N-dealkylation sites (tertiary alicyclic amines) is 1. The number of aromatic nitrogens is 1. The van der Waals surface area contributed by atoms with Gasteiger partial charge in [0.25, 0.3) is 0 Å². The second kappa shape index (κ2) is 10.8. The number of nitrogens with one attached hydrogen (secondary N) is 1. The van der Waals surface area contributed by atoms with Gasteiger partial charge in [-0.3, -0.25) is 14.4 Å². The van der Waals surface area contributed by atoms with Crippen LogP contribution in [0.15, 0.2) is 29.8 Å². The maximum absolute atomic E-state index is 13.3. The van der Waals surface area contributed by atoms with Crippen LogP contribution in [-0.4, -0.2) is 64.6 Å². The summed E-state index contributed by atoms with van der Waals surface area (Å²) >= 11 is 1.54. The van der Waals surface area contributed by atoms with Crippen molar-refractivity contribution in [3.63, 3.8) is 0 Å². The van der Waals surface area contributed by atoms with Gasteiger partial charge in [0.1, 0.15) is 6.04 Å². The van der Waals surface area contributed by atoms with Crippen molar-refractivity contribution in [2.24, 2.45) is 11.1 Å². The molecule has 2 amide bonds. The summed E-state index contributed by atoms with van der Waals surface area (Å²) in [4.78, 5) is 45.2. The normalized spacial score (nSPS) is 19.8. The number of hydrogen-bond donors (Lipinski definition) is 3. The van der Waals surface area contributed by atoms with E-state index in [-0.39, 0.29) is 25.3 Å². The molecule has 0 radical (unpaired) electrons. The highest BCUT2D eigenvalue weighted by Crippen LogP contribution is 2.30. The maximum Gasteiger partial charge on any atom is 0.307 e. The highest BCUT2D eigenvalue weighted by atomic mass is 32.1. The first kappa shape index (κ1) is 26.8. The van der Waals surface area contributed by atoms with Crippen molar-refractivity contribution in [3.05, 3.63) is 41.0 Å². The Labute approximate surface area is 209 Å². The lowest BCUT2D eigenvalue weighted by atomic mass is 9.86. The van der Waals surface area contributed by atoms with Gasteiger partial charge < -0.3 is 25.8 Å². The molecule has 0 bridgehead atoms. The number of aryl methyl sites for hydroxylation is 1. The van der Waals surface area contributed by atoms with Crippen LogP contribution in [0.5, 0.6) is 0 Å². The molecule has 4 N–H and O–H groups in total. The van der Waals surface area contributed by atoms with Gasteiger partial charge in [-0.2, -0.15) is 0 Å². The number of thiazole rings is 1. The minimum atomic E-state index is -0.884. The number of ether oxygens (including phenoxy) is 1. The van der Waals surface area contributed by atoms with Gasteiger partial charge >= 0.3 is 5.97 Å². The van der Waals surface area contributed by atoms with Crippen molar-refractivity contribution < 1.29 is 24.2 Å². The number of methoxy groups -OCH3 is 1. The molecule has 3 rings (SSSR count). The van der Waals surface area contributed by atoms with E-state index in [1.807, 2.05) is 52.0 Å². The molecule has 0 aliphatic carbocycles. The fourth-order valence-electron chi connectivity index (χ4n) is 4.07. The van der Waals surface area contributed by atoms with E-state index >= 15 is 0 Å². The molecule has 9 nitrogen and oxygen atoms in total. The number of nitrogens with zero attached hydrogens (tertiary/aromatic N) is 2. The fraction of sp³-hybridized carbons (Fsp3) is 0.520. The van der Waals surface area contributed by atoms with Crippen molar-refractivity contribution in [2.45, 2.75) is 64.8 Å². The molecule has 0 unspecified atom stereocenters. The quantitative estimate of drug-likeness (QED) is 0.494. The number of rotatable bonds is 7. The fourth-order valence-corrected chi connectivity index (χ4v) is 4.88. The van der Waals surface area contributed by atoms with E-state index < -0.39 is 41.5 Å². The van der Waals surface area contributed by atoms with E-state index in [9.17, 15) is 19.5 Å². The number of hydrogen-bond acceptors (Lipinski definition) is 8. The van der Waals surface area contributed by atoms with Crippen LogP contribution in [0.2, 0.25) is 0 Å². The lowest BCUT2D eigenvalue weighted by molar-refractivity contribution is -0.143. The number of nitrogens with two attached hydrogens (primary N) is 1. The monoisotopic (exact) mass is 502 g/mol. The molecule has 1 saturated heterocycles. The Morgan fingerprint density at radius 3 is 2.49 bits per heavy atom. The number of carbonyl (C=O) groups is 3. The van der Waals surface area contributed by atoms with E-state index in [0.717, 1.165) is 21.7 Å². The predicted molar refractivity (Wildman–Crippen MR) is 133 cm³/mol. The Morgan fingerprint density at radius 1 is 1.29 bits per heavy atom. The predicted octanol–water partition coefficient (Wildman–Crippen LogP) is 2.17. The van der Waals surface area contributed by atoms with Gasteiger partial charge in [-0.1, -0.05) is 45.0 Å². The lowest BCUT2D eigenvalue weighted by Gasteiger charge is -2.33. The number of esters is 1. The summed E-state index contributed by atoms with van der Waals surface area (Å²) < 4.78 is 4.84. The third kappa shape index (κ3) is 6.25. The van der Waals surface area contributed by atoms with Crippen molar-refractivity contribution in [1.82, 2.24) is 15.2 Å². The first-order chi connectivity index (χ1) is 16.4. The largest absolute Gasteiger partial charge is 0.469 e. The van der Waals surface area contributed by atoms with E-state index in [1.165, 1.54) is 23.3 Å². The molecule has 1 aromatic carbocycles. The molecule has 1 aliphatic rings. The molecule has 0 spiro atoms. The zero-order chi connectivity index (χ0) is 25.9. The van der Waals surface area contributed by atoms with Gasteiger partial charge in [0, 0.05) is 13.0 Å². The average Bonchev–Trinajstić information content (AvgIpc) is 3.42. The number of carbonyl (C=O) groups excluding carboxylic acids is 3. The van der Waals surface area contributed by atoms with Gasteiger partial charge in [-0.15, -0.1) is 11.3 Å². The van der Waals surface area contributed by atoms with E-state index in [1.54, 1.807) is 5.51 Å². The van der Waals surface area contributed by atoms with Gasteiger partial charge in [0.05, 0.1) is 47.8 Å². The van der Waals surface area contributed by atoms with Crippen LogP contribution in [0.25, 0.3) is 10.4 Å². The number of β-amino-alcohol motifs (C(OH)–C–C–N with tert-alkyl or cyclic N) is 1. The Kier molecular flexibility index (Phi) is 8.30. The van der Waals surface area contributed by atoms with Gasteiger partial charge in [0.15, 0.2) is 0 Å². The summed E-state index contributed by atoms with van der Waals surface area (Å²) in [5, 5.41) is 13.1. The standard InChI is InChI=1S/C25H34N4O5S/c1-14-21(35-13-27-14)16-8-6-15(7-9-16)18(11-20(31)34-5)28-23(32)19-10-17(30)12-29(19)24(33)22(26)25(2,3)4/h6-9,13,17-19,22,30H,10-12,26H2,1-5H3,(H,28,32)/t17-,18+,19+,22+/m1/s1. The van der Waals surface area contributed by atoms with Gasteiger partial charge in [-0.25, -0.2) is 4.98 Å². The summed E-state index contributed by atoms with van der Waals surface area (Å²) in [5.41, 5.74) is 10.1. The Bertz CT molecular complexity index is 1060. The molecular formula is C25H34N4O5S. The molecule has 1 aromatic heterocycles. The molecule has 35 heavy (non-hydrogen) atoms. The van der Waals surface area contributed by atoms with Gasteiger partial charge in [0.2, 0.25) is 11.8 Å². The van der Waals surface area contributed by atoms with Crippen LogP contribution < -0.4 is 11.1 Å². The maximum atomic E-state index is 13.3. The molecular weight excluding hydrogens is 468 g/mol. The highest BCUT2D eigenvalue weighted by molar-refractivity contribution is 7.13. The second-order valence-corrected chi connectivity index (χ2v) is 10.8. The Balaban J connectivity index is 1.82. The molecule has 1 aliphatic heterocycles. The molecule has 2 heterocycles.